The Morgan fingerprint density at radius 1 is 1.14 bits per heavy atom. The van der Waals surface area contributed by atoms with Gasteiger partial charge in [0.2, 0.25) is 10.0 Å². The molecule has 0 atom stereocenters. The lowest BCUT2D eigenvalue weighted by molar-refractivity contribution is 0.134. The molecule has 0 aliphatic carbocycles. The molecule has 1 aromatic carbocycles. The number of rotatable bonds is 6. The van der Waals surface area contributed by atoms with Crippen molar-refractivity contribution in [2.24, 2.45) is 0 Å². The van der Waals surface area contributed by atoms with Crippen LogP contribution in [0.25, 0.3) is 0 Å². The zero-order chi connectivity index (χ0) is 15.3. The molecule has 6 heteroatoms. The first kappa shape index (κ1) is 16.4. The average molecular weight is 312 g/mol. The first-order chi connectivity index (χ1) is 10.1. The third-order valence-electron chi connectivity index (χ3n) is 3.79. The van der Waals surface area contributed by atoms with Crippen molar-refractivity contribution in [1.82, 2.24) is 9.21 Å². The highest BCUT2D eigenvalue weighted by Crippen LogP contribution is 2.19. The first-order valence-electron chi connectivity index (χ1n) is 7.47. The number of benzene rings is 1. The van der Waals surface area contributed by atoms with Gasteiger partial charge in [-0.05, 0) is 31.2 Å². The molecular weight excluding hydrogens is 288 g/mol. The van der Waals surface area contributed by atoms with E-state index in [-0.39, 0.29) is 0 Å². The number of hydrogen-bond acceptors (Lipinski definition) is 4. The molecule has 1 aliphatic rings. The second kappa shape index (κ2) is 7.35. The van der Waals surface area contributed by atoms with E-state index in [2.05, 4.69) is 11.8 Å². The van der Waals surface area contributed by atoms with Gasteiger partial charge in [-0.2, -0.15) is 4.31 Å². The molecule has 0 bridgehead atoms. The Labute approximate surface area is 127 Å². The molecule has 0 aromatic heterocycles. The van der Waals surface area contributed by atoms with E-state index < -0.39 is 10.0 Å². The van der Waals surface area contributed by atoms with E-state index in [0.717, 1.165) is 25.2 Å². The second-order valence-electron chi connectivity index (χ2n) is 5.12. The molecule has 1 fully saturated rings. The third-order valence-corrected chi connectivity index (χ3v) is 5.68. The lowest BCUT2D eigenvalue weighted by Gasteiger charge is -2.33. The van der Waals surface area contributed by atoms with Crippen LogP contribution in [0.5, 0.6) is 0 Å². The quantitative estimate of drug-likeness (QED) is 0.800. The summed E-state index contributed by atoms with van der Waals surface area (Å²) >= 11 is 0. The summed E-state index contributed by atoms with van der Waals surface area (Å²) in [5.74, 6) is 0. The largest absolute Gasteiger partial charge is 0.377 e. The molecule has 5 nitrogen and oxygen atoms in total. The maximum absolute atomic E-state index is 12.7. The van der Waals surface area contributed by atoms with Gasteiger partial charge in [0.05, 0.1) is 11.5 Å². The van der Waals surface area contributed by atoms with Crippen LogP contribution in [0, 0.1) is 0 Å². The molecule has 1 aromatic rings. The Morgan fingerprint density at radius 2 is 1.86 bits per heavy atom. The lowest BCUT2D eigenvalue weighted by atomic mass is 10.2. The third kappa shape index (κ3) is 4.03. The molecule has 1 heterocycles. The van der Waals surface area contributed by atoms with Gasteiger partial charge in [0, 0.05) is 32.8 Å². The fourth-order valence-electron chi connectivity index (χ4n) is 2.45. The summed E-state index contributed by atoms with van der Waals surface area (Å²) in [6.45, 7) is 8.78. The van der Waals surface area contributed by atoms with Gasteiger partial charge in [0.1, 0.15) is 0 Å². The molecule has 2 rings (SSSR count). The molecule has 1 saturated heterocycles. The number of ether oxygens (including phenoxy) is 1. The van der Waals surface area contributed by atoms with Gasteiger partial charge in [-0.3, -0.25) is 0 Å². The summed E-state index contributed by atoms with van der Waals surface area (Å²) in [7, 11) is -3.39. The van der Waals surface area contributed by atoms with Gasteiger partial charge < -0.3 is 9.64 Å². The highest BCUT2D eigenvalue weighted by atomic mass is 32.2. The van der Waals surface area contributed by atoms with Crippen LogP contribution in [0.15, 0.2) is 29.2 Å². The Kier molecular flexibility index (Phi) is 5.75. The Bertz CT molecular complexity index is 552. The fraction of sp³-hybridized carbons (Fsp3) is 0.600. The minimum atomic E-state index is -3.39. The first-order valence-corrected chi connectivity index (χ1v) is 8.91. The highest BCUT2D eigenvalue weighted by molar-refractivity contribution is 7.89. The number of nitrogens with zero attached hydrogens (tertiary/aromatic N) is 2. The van der Waals surface area contributed by atoms with Crippen molar-refractivity contribution in [3.63, 3.8) is 0 Å². The molecule has 118 valence electrons. The van der Waals surface area contributed by atoms with Crippen LogP contribution in [0.4, 0.5) is 0 Å². The Balaban J connectivity index is 2.12. The van der Waals surface area contributed by atoms with Crippen molar-refractivity contribution >= 4 is 10.0 Å². The Hall–Kier alpha value is -0.950. The van der Waals surface area contributed by atoms with Gasteiger partial charge in [-0.25, -0.2) is 8.42 Å². The van der Waals surface area contributed by atoms with Gasteiger partial charge in [0.15, 0.2) is 0 Å². The van der Waals surface area contributed by atoms with Crippen molar-refractivity contribution in [3.8, 4) is 0 Å². The molecule has 0 radical (unpaired) electrons. The van der Waals surface area contributed by atoms with Crippen LogP contribution in [-0.2, 0) is 21.4 Å². The summed E-state index contributed by atoms with van der Waals surface area (Å²) in [5.41, 5.74) is 0.894. The van der Waals surface area contributed by atoms with E-state index in [1.165, 1.54) is 0 Å². The zero-order valence-electron chi connectivity index (χ0n) is 12.8. The maximum atomic E-state index is 12.7. The Morgan fingerprint density at radius 3 is 2.48 bits per heavy atom. The van der Waals surface area contributed by atoms with Crippen LogP contribution < -0.4 is 0 Å². The summed E-state index contributed by atoms with van der Waals surface area (Å²) in [5, 5.41) is 0. The zero-order valence-corrected chi connectivity index (χ0v) is 13.6. The minimum Gasteiger partial charge on any atom is -0.377 e. The fourth-order valence-corrected chi connectivity index (χ4v) is 3.94. The lowest BCUT2D eigenvalue weighted by Crippen LogP contribution is -2.48. The number of hydrogen-bond donors (Lipinski definition) is 0. The van der Waals surface area contributed by atoms with E-state index >= 15 is 0 Å². The standard InChI is InChI=1S/C15H24N2O3S/c1-3-16-8-10-17(11-9-16)21(18,19)15-7-5-6-14(12-15)13-20-4-2/h5-7,12H,3-4,8-11,13H2,1-2H3. The molecule has 0 unspecified atom stereocenters. The molecular formula is C15H24N2O3S. The van der Waals surface area contributed by atoms with Crippen LogP contribution in [-0.4, -0.2) is 57.0 Å². The van der Waals surface area contributed by atoms with Crippen molar-refractivity contribution in [3.05, 3.63) is 29.8 Å². The summed E-state index contributed by atoms with van der Waals surface area (Å²) in [4.78, 5) is 2.63. The second-order valence-corrected chi connectivity index (χ2v) is 7.06. The van der Waals surface area contributed by atoms with Crippen LogP contribution in [0.2, 0.25) is 0 Å². The van der Waals surface area contributed by atoms with Crippen molar-refractivity contribution < 1.29 is 13.2 Å². The molecule has 0 N–H and O–H groups in total. The van der Waals surface area contributed by atoms with E-state index in [9.17, 15) is 8.42 Å². The van der Waals surface area contributed by atoms with Crippen LogP contribution >= 0.6 is 0 Å². The smallest absolute Gasteiger partial charge is 0.243 e. The minimum absolute atomic E-state index is 0.365. The predicted octanol–water partition coefficient (Wildman–Crippen LogP) is 1.55. The monoisotopic (exact) mass is 312 g/mol. The number of sulfonamides is 1. The van der Waals surface area contributed by atoms with E-state index in [1.54, 1.807) is 22.5 Å². The average Bonchev–Trinajstić information content (AvgIpc) is 2.53. The summed E-state index contributed by atoms with van der Waals surface area (Å²) < 4.78 is 32.3. The molecule has 1 aliphatic heterocycles. The van der Waals surface area contributed by atoms with Crippen LogP contribution in [0.1, 0.15) is 19.4 Å². The normalized spacial score (nSPS) is 18.0. The van der Waals surface area contributed by atoms with E-state index in [4.69, 9.17) is 4.74 Å². The van der Waals surface area contributed by atoms with Gasteiger partial charge in [0.25, 0.3) is 0 Å². The molecule has 21 heavy (non-hydrogen) atoms. The number of piperazine rings is 1. The van der Waals surface area contributed by atoms with Gasteiger partial charge >= 0.3 is 0 Å². The van der Waals surface area contributed by atoms with Crippen molar-refractivity contribution in [1.29, 1.82) is 0 Å². The van der Waals surface area contributed by atoms with Crippen molar-refractivity contribution in [2.45, 2.75) is 25.3 Å². The van der Waals surface area contributed by atoms with Crippen LogP contribution in [0.3, 0.4) is 0 Å². The maximum Gasteiger partial charge on any atom is 0.243 e. The predicted molar refractivity (Wildman–Crippen MR) is 82.6 cm³/mol. The van der Waals surface area contributed by atoms with E-state index in [1.807, 2.05) is 13.0 Å². The number of likely N-dealkylation sites (N-methyl/N-ethyl adjacent to an activating group) is 1. The molecule has 0 amide bonds. The molecule has 0 spiro atoms. The van der Waals surface area contributed by atoms with Gasteiger partial charge in [-0.15, -0.1) is 0 Å². The SMILES string of the molecule is CCOCc1cccc(S(=O)(=O)N2CCN(CC)CC2)c1. The highest BCUT2D eigenvalue weighted by Gasteiger charge is 2.27. The van der Waals surface area contributed by atoms with Gasteiger partial charge in [-0.1, -0.05) is 19.1 Å². The summed E-state index contributed by atoms with van der Waals surface area (Å²) in [6.07, 6.45) is 0. The molecule has 0 saturated carbocycles. The summed E-state index contributed by atoms with van der Waals surface area (Å²) in [6, 6.07) is 7.06. The van der Waals surface area contributed by atoms with E-state index in [0.29, 0.717) is 31.2 Å². The topological polar surface area (TPSA) is 49.9 Å². The van der Waals surface area contributed by atoms with Crippen molar-refractivity contribution in [2.75, 3.05) is 39.3 Å².